The number of furan rings is 1. The molecule has 5 heteroatoms. The molecule has 2 heterocycles. The molecule has 2 atom stereocenters. The summed E-state index contributed by atoms with van der Waals surface area (Å²) >= 11 is 0. The Kier molecular flexibility index (Phi) is 3.26. The molecule has 0 aliphatic carbocycles. The SMILES string of the molecule is C[C@H](c1ccco1)N1CCNC[C@H]1C(=O)O. The van der Waals surface area contributed by atoms with Crippen LogP contribution in [0.3, 0.4) is 0 Å². The van der Waals surface area contributed by atoms with Crippen LogP contribution in [-0.2, 0) is 4.79 Å². The Balaban J connectivity index is 2.14. The van der Waals surface area contributed by atoms with Crippen LogP contribution in [-0.4, -0.2) is 41.7 Å². The first-order chi connectivity index (χ1) is 7.70. The smallest absolute Gasteiger partial charge is 0.322 e. The molecular formula is C11H16N2O3. The third kappa shape index (κ3) is 2.10. The zero-order chi connectivity index (χ0) is 11.5. The summed E-state index contributed by atoms with van der Waals surface area (Å²) in [5, 5.41) is 12.2. The minimum Gasteiger partial charge on any atom is -0.480 e. The minimum atomic E-state index is -0.786. The van der Waals surface area contributed by atoms with Crippen LogP contribution in [0.15, 0.2) is 22.8 Å². The summed E-state index contributed by atoms with van der Waals surface area (Å²) in [6, 6.07) is 3.22. The average molecular weight is 224 g/mol. The van der Waals surface area contributed by atoms with E-state index in [1.165, 1.54) is 0 Å². The number of carboxylic acids is 1. The van der Waals surface area contributed by atoms with Crippen molar-refractivity contribution in [2.24, 2.45) is 0 Å². The molecule has 2 rings (SSSR count). The Labute approximate surface area is 94.0 Å². The van der Waals surface area contributed by atoms with Gasteiger partial charge < -0.3 is 14.8 Å². The van der Waals surface area contributed by atoms with E-state index < -0.39 is 12.0 Å². The summed E-state index contributed by atoms with van der Waals surface area (Å²) in [5.41, 5.74) is 0. The van der Waals surface area contributed by atoms with Crippen molar-refractivity contribution in [2.45, 2.75) is 19.0 Å². The molecule has 5 nitrogen and oxygen atoms in total. The van der Waals surface area contributed by atoms with Gasteiger partial charge in [-0.2, -0.15) is 0 Å². The fourth-order valence-electron chi connectivity index (χ4n) is 2.11. The standard InChI is InChI=1S/C11H16N2O3/c1-8(10-3-2-6-16-10)13-5-4-12-7-9(13)11(14)15/h2-3,6,8-9,12H,4-5,7H2,1H3,(H,14,15)/t8-,9+/m1/s1. The molecule has 0 unspecified atom stereocenters. The number of hydrogen-bond acceptors (Lipinski definition) is 4. The van der Waals surface area contributed by atoms with Gasteiger partial charge >= 0.3 is 5.97 Å². The molecule has 0 radical (unpaired) electrons. The van der Waals surface area contributed by atoms with Crippen LogP contribution in [0.2, 0.25) is 0 Å². The van der Waals surface area contributed by atoms with E-state index >= 15 is 0 Å². The number of piperazine rings is 1. The van der Waals surface area contributed by atoms with Crippen molar-refractivity contribution in [1.82, 2.24) is 10.2 Å². The maximum atomic E-state index is 11.1. The lowest BCUT2D eigenvalue weighted by Crippen LogP contribution is -2.55. The molecule has 0 amide bonds. The highest BCUT2D eigenvalue weighted by molar-refractivity contribution is 5.74. The average Bonchev–Trinajstić information content (AvgIpc) is 2.81. The Hall–Kier alpha value is -1.33. The van der Waals surface area contributed by atoms with Crippen molar-refractivity contribution < 1.29 is 14.3 Å². The summed E-state index contributed by atoms with van der Waals surface area (Å²) in [4.78, 5) is 13.1. The molecule has 1 aliphatic heterocycles. The van der Waals surface area contributed by atoms with E-state index in [4.69, 9.17) is 9.52 Å². The maximum absolute atomic E-state index is 11.1. The number of carboxylic acid groups (broad SMARTS) is 1. The van der Waals surface area contributed by atoms with Gasteiger partial charge in [0.2, 0.25) is 0 Å². The lowest BCUT2D eigenvalue weighted by atomic mass is 10.1. The number of nitrogens with one attached hydrogen (secondary N) is 1. The molecule has 0 saturated carbocycles. The largest absolute Gasteiger partial charge is 0.480 e. The second-order valence-corrected chi connectivity index (χ2v) is 3.99. The molecule has 16 heavy (non-hydrogen) atoms. The Morgan fingerprint density at radius 2 is 2.56 bits per heavy atom. The fourth-order valence-corrected chi connectivity index (χ4v) is 2.11. The number of nitrogens with zero attached hydrogens (tertiary/aromatic N) is 1. The van der Waals surface area contributed by atoms with Crippen LogP contribution in [0.4, 0.5) is 0 Å². The van der Waals surface area contributed by atoms with Crippen molar-refractivity contribution in [1.29, 1.82) is 0 Å². The lowest BCUT2D eigenvalue weighted by molar-refractivity contribution is -0.145. The van der Waals surface area contributed by atoms with Gasteiger partial charge in [0.05, 0.1) is 12.3 Å². The highest BCUT2D eigenvalue weighted by Gasteiger charge is 2.32. The molecular weight excluding hydrogens is 208 g/mol. The second kappa shape index (κ2) is 4.67. The quantitative estimate of drug-likeness (QED) is 0.791. The molecule has 88 valence electrons. The van der Waals surface area contributed by atoms with Gasteiger partial charge in [0.25, 0.3) is 0 Å². The van der Waals surface area contributed by atoms with E-state index in [9.17, 15) is 4.79 Å². The molecule has 0 aromatic carbocycles. The lowest BCUT2D eigenvalue weighted by Gasteiger charge is -2.36. The number of hydrogen-bond donors (Lipinski definition) is 2. The van der Waals surface area contributed by atoms with Gasteiger partial charge in [0.15, 0.2) is 0 Å². The molecule has 1 aliphatic rings. The fraction of sp³-hybridized carbons (Fsp3) is 0.545. The predicted octanol–water partition coefficient (Wildman–Crippen LogP) is 0.699. The monoisotopic (exact) mass is 224 g/mol. The number of aliphatic carboxylic acids is 1. The third-order valence-electron chi connectivity index (χ3n) is 3.02. The summed E-state index contributed by atoms with van der Waals surface area (Å²) in [6.07, 6.45) is 1.61. The van der Waals surface area contributed by atoms with Gasteiger partial charge in [-0.05, 0) is 19.1 Å². The van der Waals surface area contributed by atoms with E-state index in [-0.39, 0.29) is 6.04 Å². The first kappa shape index (κ1) is 11.2. The molecule has 0 bridgehead atoms. The molecule has 1 aromatic rings. The third-order valence-corrected chi connectivity index (χ3v) is 3.02. The highest BCUT2D eigenvalue weighted by atomic mass is 16.4. The summed E-state index contributed by atoms with van der Waals surface area (Å²) in [7, 11) is 0. The van der Waals surface area contributed by atoms with Crippen LogP contribution in [0.5, 0.6) is 0 Å². The summed E-state index contributed by atoms with van der Waals surface area (Å²) < 4.78 is 5.32. The molecule has 1 saturated heterocycles. The first-order valence-corrected chi connectivity index (χ1v) is 5.43. The normalized spacial score (nSPS) is 24.2. The van der Waals surface area contributed by atoms with Crippen molar-refractivity contribution in [3.63, 3.8) is 0 Å². The van der Waals surface area contributed by atoms with Crippen molar-refractivity contribution in [3.05, 3.63) is 24.2 Å². The Morgan fingerprint density at radius 1 is 1.75 bits per heavy atom. The zero-order valence-electron chi connectivity index (χ0n) is 9.22. The van der Waals surface area contributed by atoms with Gasteiger partial charge in [0.1, 0.15) is 11.8 Å². The summed E-state index contributed by atoms with van der Waals surface area (Å²) in [5.74, 6) is 0.0266. The first-order valence-electron chi connectivity index (χ1n) is 5.43. The van der Waals surface area contributed by atoms with E-state index in [0.717, 1.165) is 18.8 Å². The number of rotatable bonds is 3. The van der Waals surface area contributed by atoms with E-state index in [1.807, 2.05) is 24.0 Å². The number of carbonyl (C=O) groups is 1. The Morgan fingerprint density at radius 3 is 3.19 bits per heavy atom. The highest BCUT2D eigenvalue weighted by Crippen LogP contribution is 2.23. The maximum Gasteiger partial charge on any atom is 0.322 e. The van der Waals surface area contributed by atoms with Crippen molar-refractivity contribution in [3.8, 4) is 0 Å². The van der Waals surface area contributed by atoms with E-state index in [0.29, 0.717) is 6.54 Å². The van der Waals surface area contributed by atoms with Crippen LogP contribution in [0.25, 0.3) is 0 Å². The van der Waals surface area contributed by atoms with Crippen LogP contribution in [0.1, 0.15) is 18.7 Å². The molecule has 1 fully saturated rings. The van der Waals surface area contributed by atoms with Gasteiger partial charge in [-0.3, -0.25) is 9.69 Å². The van der Waals surface area contributed by atoms with Crippen LogP contribution >= 0.6 is 0 Å². The van der Waals surface area contributed by atoms with Gasteiger partial charge in [0, 0.05) is 19.6 Å². The summed E-state index contributed by atoms with van der Waals surface area (Å²) in [6.45, 7) is 3.99. The molecule has 0 spiro atoms. The molecule has 1 aromatic heterocycles. The predicted molar refractivity (Wildman–Crippen MR) is 58.1 cm³/mol. The van der Waals surface area contributed by atoms with Gasteiger partial charge in [-0.15, -0.1) is 0 Å². The topological polar surface area (TPSA) is 65.7 Å². The zero-order valence-corrected chi connectivity index (χ0v) is 9.22. The second-order valence-electron chi connectivity index (χ2n) is 3.99. The van der Waals surface area contributed by atoms with Crippen LogP contribution < -0.4 is 5.32 Å². The van der Waals surface area contributed by atoms with E-state index in [1.54, 1.807) is 6.26 Å². The van der Waals surface area contributed by atoms with Crippen LogP contribution in [0, 0.1) is 0 Å². The van der Waals surface area contributed by atoms with E-state index in [2.05, 4.69) is 5.32 Å². The molecule has 2 N–H and O–H groups in total. The van der Waals surface area contributed by atoms with Gasteiger partial charge in [-0.1, -0.05) is 0 Å². The Bertz CT molecular complexity index is 350. The minimum absolute atomic E-state index is 0.00167. The van der Waals surface area contributed by atoms with Crippen molar-refractivity contribution >= 4 is 5.97 Å². The van der Waals surface area contributed by atoms with Gasteiger partial charge in [-0.25, -0.2) is 0 Å². The van der Waals surface area contributed by atoms with Crippen molar-refractivity contribution in [2.75, 3.05) is 19.6 Å².